The van der Waals surface area contributed by atoms with Crippen LogP contribution in [-0.2, 0) is 9.53 Å². The first kappa shape index (κ1) is 19.8. The van der Waals surface area contributed by atoms with E-state index in [1.165, 1.54) is 34.5 Å². The van der Waals surface area contributed by atoms with Crippen LogP contribution in [0.1, 0.15) is 15.9 Å². The number of hydrogen-bond donors (Lipinski definition) is 1. The Morgan fingerprint density at radius 3 is 2.11 bits per heavy atom. The van der Waals surface area contributed by atoms with Crippen LogP contribution < -0.4 is 19.5 Å². The van der Waals surface area contributed by atoms with Crippen molar-refractivity contribution in [2.24, 2.45) is 0 Å². The van der Waals surface area contributed by atoms with Crippen LogP contribution in [0.3, 0.4) is 0 Å². The number of anilines is 1. The Hall–Kier alpha value is -3.48. The molecule has 0 saturated heterocycles. The lowest BCUT2D eigenvalue weighted by Gasteiger charge is -2.12. The van der Waals surface area contributed by atoms with Crippen LogP contribution in [-0.4, -0.2) is 40.3 Å². The van der Waals surface area contributed by atoms with Gasteiger partial charge in [0.05, 0.1) is 39.7 Å². The predicted octanol–water partition coefficient (Wildman–Crippen LogP) is 3.15. The van der Waals surface area contributed by atoms with Crippen molar-refractivity contribution in [1.29, 1.82) is 0 Å². The predicted molar refractivity (Wildman–Crippen MR) is 102 cm³/mol. The quantitative estimate of drug-likeness (QED) is 0.595. The highest BCUT2D eigenvalue weighted by Crippen LogP contribution is 2.38. The van der Waals surface area contributed by atoms with E-state index in [-0.39, 0.29) is 5.56 Å². The van der Waals surface area contributed by atoms with Gasteiger partial charge < -0.3 is 24.3 Å². The number of esters is 1. The number of hydrogen-bond acceptors (Lipinski definition) is 6. The summed E-state index contributed by atoms with van der Waals surface area (Å²) in [5.74, 6) is 0.495. The summed E-state index contributed by atoms with van der Waals surface area (Å²) in [6, 6.07) is 10.0. The molecular formula is C20H21NO6. The van der Waals surface area contributed by atoms with E-state index in [2.05, 4.69) is 5.32 Å². The fourth-order valence-corrected chi connectivity index (χ4v) is 2.42. The van der Waals surface area contributed by atoms with Crippen molar-refractivity contribution in [3.05, 3.63) is 53.6 Å². The van der Waals surface area contributed by atoms with Gasteiger partial charge in [0.1, 0.15) is 0 Å². The average Bonchev–Trinajstić information content (AvgIpc) is 2.71. The molecular weight excluding hydrogens is 350 g/mol. The molecule has 142 valence electrons. The second kappa shape index (κ2) is 9.28. The highest BCUT2D eigenvalue weighted by atomic mass is 16.5. The molecule has 1 amide bonds. The molecule has 0 saturated carbocycles. The van der Waals surface area contributed by atoms with Crippen LogP contribution in [0, 0.1) is 0 Å². The second-order valence-electron chi connectivity index (χ2n) is 5.32. The van der Waals surface area contributed by atoms with Gasteiger partial charge in [-0.1, -0.05) is 12.1 Å². The summed E-state index contributed by atoms with van der Waals surface area (Å²) in [4.78, 5) is 24.0. The Labute approximate surface area is 157 Å². The van der Waals surface area contributed by atoms with Crippen molar-refractivity contribution >= 4 is 23.6 Å². The number of nitrogens with one attached hydrogen (secondary N) is 1. The summed E-state index contributed by atoms with van der Waals surface area (Å²) in [7, 11) is 5.83. The van der Waals surface area contributed by atoms with Crippen LogP contribution in [0.4, 0.5) is 5.69 Å². The van der Waals surface area contributed by atoms with Gasteiger partial charge in [0.2, 0.25) is 11.7 Å². The topological polar surface area (TPSA) is 83.1 Å². The molecule has 2 aromatic rings. The van der Waals surface area contributed by atoms with Gasteiger partial charge in [-0.25, -0.2) is 4.79 Å². The Balaban J connectivity index is 2.22. The first-order valence-electron chi connectivity index (χ1n) is 8.00. The zero-order valence-electron chi connectivity index (χ0n) is 15.6. The lowest BCUT2D eigenvalue weighted by molar-refractivity contribution is -0.111. The molecule has 0 radical (unpaired) electrons. The van der Waals surface area contributed by atoms with Gasteiger partial charge in [0.25, 0.3) is 0 Å². The smallest absolute Gasteiger partial charge is 0.339 e. The summed E-state index contributed by atoms with van der Waals surface area (Å²) >= 11 is 0. The van der Waals surface area contributed by atoms with E-state index < -0.39 is 11.9 Å². The van der Waals surface area contributed by atoms with E-state index in [0.717, 1.165) is 0 Å². The van der Waals surface area contributed by atoms with Crippen LogP contribution in [0.15, 0.2) is 42.5 Å². The highest BCUT2D eigenvalue weighted by Gasteiger charge is 2.13. The normalized spacial score (nSPS) is 10.4. The molecule has 2 rings (SSSR count). The minimum Gasteiger partial charge on any atom is -0.493 e. The molecule has 0 spiro atoms. The molecule has 0 aliphatic heterocycles. The monoisotopic (exact) mass is 371 g/mol. The first-order valence-corrected chi connectivity index (χ1v) is 8.00. The number of ether oxygens (including phenoxy) is 4. The second-order valence-corrected chi connectivity index (χ2v) is 5.32. The Morgan fingerprint density at radius 2 is 1.56 bits per heavy atom. The summed E-state index contributed by atoms with van der Waals surface area (Å²) in [6.07, 6.45) is 2.94. The number of carbonyl (C=O) groups excluding carboxylic acids is 2. The standard InChI is InChI=1S/C20H21NO6/c1-24-16-11-13(12-17(25-2)19(16)26-3)9-10-18(22)21-15-8-6-5-7-14(15)20(23)27-4/h5-12H,1-4H3,(H,21,22)/b10-9+. The van der Waals surface area contributed by atoms with Crippen LogP contribution in [0.25, 0.3) is 6.08 Å². The van der Waals surface area contributed by atoms with Crippen molar-refractivity contribution in [3.63, 3.8) is 0 Å². The molecule has 0 atom stereocenters. The lowest BCUT2D eigenvalue weighted by Crippen LogP contribution is -2.12. The van der Waals surface area contributed by atoms with Gasteiger partial charge in [0, 0.05) is 6.08 Å². The number of benzene rings is 2. The molecule has 1 N–H and O–H groups in total. The van der Waals surface area contributed by atoms with E-state index in [4.69, 9.17) is 18.9 Å². The van der Waals surface area contributed by atoms with Crippen molar-refractivity contribution in [3.8, 4) is 17.2 Å². The van der Waals surface area contributed by atoms with Crippen molar-refractivity contribution in [1.82, 2.24) is 0 Å². The minimum absolute atomic E-state index is 0.273. The Morgan fingerprint density at radius 1 is 0.926 bits per heavy atom. The summed E-state index contributed by atoms with van der Waals surface area (Å²) in [6.45, 7) is 0. The number of rotatable bonds is 7. The third-order valence-corrected chi connectivity index (χ3v) is 3.70. The molecule has 7 nitrogen and oxygen atoms in total. The SMILES string of the molecule is COC(=O)c1ccccc1NC(=O)/C=C/c1cc(OC)c(OC)c(OC)c1. The molecule has 7 heteroatoms. The van der Waals surface area contributed by atoms with Crippen LogP contribution >= 0.6 is 0 Å². The van der Waals surface area contributed by atoms with Crippen LogP contribution in [0.2, 0.25) is 0 Å². The fourth-order valence-electron chi connectivity index (χ4n) is 2.42. The number of para-hydroxylation sites is 1. The van der Waals surface area contributed by atoms with E-state index in [1.54, 1.807) is 42.5 Å². The number of amides is 1. The summed E-state index contributed by atoms with van der Waals surface area (Å²) in [5, 5.41) is 2.66. The Bertz CT molecular complexity index is 834. The molecule has 0 fully saturated rings. The number of carbonyl (C=O) groups is 2. The van der Waals surface area contributed by atoms with E-state index >= 15 is 0 Å². The van der Waals surface area contributed by atoms with Gasteiger partial charge in [0.15, 0.2) is 11.5 Å². The molecule has 0 aromatic heterocycles. The fraction of sp³-hybridized carbons (Fsp3) is 0.200. The molecule has 2 aromatic carbocycles. The lowest BCUT2D eigenvalue weighted by atomic mass is 10.1. The summed E-state index contributed by atoms with van der Waals surface area (Å²) < 4.78 is 20.6. The van der Waals surface area contributed by atoms with Gasteiger partial charge in [-0.15, -0.1) is 0 Å². The third-order valence-electron chi connectivity index (χ3n) is 3.70. The maximum atomic E-state index is 12.2. The van der Waals surface area contributed by atoms with Gasteiger partial charge in [-0.2, -0.15) is 0 Å². The molecule has 0 bridgehead atoms. The van der Waals surface area contributed by atoms with Crippen molar-refractivity contribution in [2.75, 3.05) is 33.8 Å². The summed E-state index contributed by atoms with van der Waals surface area (Å²) in [5.41, 5.74) is 1.32. The molecule has 0 heterocycles. The van der Waals surface area contributed by atoms with E-state index in [1.807, 2.05) is 0 Å². The largest absolute Gasteiger partial charge is 0.493 e. The van der Waals surface area contributed by atoms with Crippen LogP contribution in [0.5, 0.6) is 17.2 Å². The van der Waals surface area contributed by atoms with Gasteiger partial charge in [-0.3, -0.25) is 4.79 Å². The average molecular weight is 371 g/mol. The minimum atomic E-state index is -0.528. The molecule has 0 aliphatic carbocycles. The van der Waals surface area contributed by atoms with Crippen molar-refractivity contribution in [2.45, 2.75) is 0 Å². The van der Waals surface area contributed by atoms with E-state index in [0.29, 0.717) is 28.5 Å². The Kier molecular flexibility index (Phi) is 6.82. The highest BCUT2D eigenvalue weighted by molar-refractivity contribution is 6.06. The first-order chi connectivity index (χ1) is 13.0. The van der Waals surface area contributed by atoms with Gasteiger partial charge >= 0.3 is 5.97 Å². The molecule has 0 unspecified atom stereocenters. The van der Waals surface area contributed by atoms with E-state index in [9.17, 15) is 9.59 Å². The molecule has 27 heavy (non-hydrogen) atoms. The third kappa shape index (κ3) is 4.78. The maximum Gasteiger partial charge on any atom is 0.339 e. The molecule has 0 aliphatic rings. The number of methoxy groups -OCH3 is 4. The zero-order valence-corrected chi connectivity index (χ0v) is 15.6. The zero-order chi connectivity index (χ0) is 19.8. The van der Waals surface area contributed by atoms with Gasteiger partial charge in [-0.05, 0) is 35.9 Å². The maximum absolute atomic E-state index is 12.2. The van der Waals surface area contributed by atoms with Crippen molar-refractivity contribution < 1.29 is 28.5 Å².